The average Bonchev–Trinajstić information content (AvgIpc) is 2.57. The molecule has 0 fully saturated rings. The Bertz CT molecular complexity index is 480. The Labute approximate surface area is 105 Å². The van der Waals surface area contributed by atoms with Gasteiger partial charge in [0.05, 0.1) is 6.10 Å². The van der Waals surface area contributed by atoms with Gasteiger partial charge < -0.3 is 4.74 Å². The van der Waals surface area contributed by atoms with Crippen molar-refractivity contribution in [3.05, 3.63) is 34.3 Å². The van der Waals surface area contributed by atoms with E-state index in [1.54, 1.807) is 32.0 Å². The Morgan fingerprint density at radius 2 is 2.18 bits per heavy atom. The predicted molar refractivity (Wildman–Crippen MR) is 64.2 cm³/mol. The van der Waals surface area contributed by atoms with Gasteiger partial charge in [0.25, 0.3) is 0 Å². The highest BCUT2D eigenvalue weighted by Crippen LogP contribution is 2.32. The van der Waals surface area contributed by atoms with Crippen molar-refractivity contribution in [2.75, 3.05) is 0 Å². The number of halogens is 1. The first-order valence-corrected chi connectivity index (χ1v) is 5.90. The molecule has 0 radical (unpaired) electrons. The largest absolute Gasteiger partial charge is 0.462 e. The number of esters is 1. The molecule has 0 aromatic heterocycles. The maximum atomic E-state index is 12.0. The molecule has 4 heteroatoms. The zero-order valence-electron chi connectivity index (χ0n) is 9.70. The number of ketones is 1. The molecule has 3 nitrogen and oxygen atoms in total. The number of Topliss-reactive ketones (excluding diaryl/α,β-unsaturated/α-hetero) is 1. The Morgan fingerprint density at radius 1 is 1.47 bits per heavy atom. The molecule has 1 atom stereocenters. The zero-order chi connectivity index (χ0) is 12.6. The Balaban J connectivity index is 2.26. The first-order valence-electron chi connectivity index (χ1n) is 5.52. The molecule has 0 bridgehead atoms. The Kier molecular flexibility index (Phi) is 3.20. The third-order valence-corrected chi connectivity index (χ3v) is 3.10. The lowest BCUT2D eigenvalue weighted by Gasteiger charge is -2.11. The summed E-state index contributed by atoms with van der Waals surface area (Å²) in [6, 6.07) is 5.14. The van der Waals surface area contributed by atoms with Crippen LogP contribution in [0, 0.1) is 5.92 Å². The van der Waals surface area contributed by atoms with Crippen molar-refractivity contribution in [1.29, 1.82) is 0 Å². The fourth-order valence-corrected chi connectivity index (χ4v) is 2.24. The second-order valence-electron chi connectivity index (χ2n) is 4.37. The lowest BCUT2D eigenvalue weighted by Crippen LogP contribution is -2.25. The highest BCUT2D eigenvalue weighted by atomic mass is 35.5. The second kappa shape index (κ2) is 4.49. The van der Waals surface area contributed by atoms with Crippen LogP contribution < -0.4 is 0 Å². The molecule has 90 valence electrons. The molecule has 1 aliphatic rings. The minimum Gasteiger partial charge on any atom is -0.462 e. The monoisotopic (exact) mass is 252 g/mol. The molecule has 1 unspecified atom stereocenters. The van der Waals surface area contributed by atoms with Crippen LogP contribution in [0.25, 0.3) is 0 Å². The van der Waals surface area contributed by atoms with Crippen molar-refractivity contribution in [2.45, 2.75) is 26.4 Å². The summed E-state index contributed by atoms with van der Waals surface area (Å²) in [6.07, 6.45) is 0.133. The van der Waals surface area contributed by atoms with Gasteiger partial charge in [0.15, 0.2) is 5.78 Å². The summed E-state index contributed by atoms with van der Waals surface area (Å²) in [5, 5.41) is 0.538. The molecule has 0 saturated carbocycles. The SMILES string of the molecule is CC(C)OC(=O)C1Cc2c(Cl)cccc2C1=O. The highest BCUT2D eigenvalue weighted by Gasteiger charge is 2.38. The van der Waals surface area contributed by atoms with Crippen LogP contribution in [0.15, 0.2) is 18.2 Å². The molecular weight excluding hydrogens is 240 g/mol. The van der Waals surface area contributed by atoms with Crippen LogP contribution in [-0.2, 0) is 16.0 Å². The van der Waals surface area contributed by atoms with E-state index in [-0.39, 0.29) is 11.9 Å². The number of carbonyl (C=O) groups is 2. The van der Waals surface area contributed by atoms with Gasteiger partial charge in [-0.15, -0.1) is 0 Å². The maximum absolute atomic E-state index is 12.0. The fraction of sp³-hybridized carbons (Fsp3) is 0.385. The van der Waals surface area contributed by atoms with E-state index in [9.17, 15) is 9.59 Å². The highest BCUT2D eigenvalue weighted by molar-refractivity contribution is 6.32. The van der Waals surface area contributed by atoms with Crippen LogP contribution in [0.5, 0.6) is 0 Å². The number of ether oxygens (including phenoxy) is 1. The summed E-state index contributed by atoms with van der Waals surface area (Å²) in [5.41, 5.74) is 1.30. The fourth-order valence-electron chi connectivity index (χ4n) is 1.99. The van der Waals surface area contributed by atoms with Gasteiger partial charge in [-0.25, -0.2) is 0 Å². The minimum atomic E-state index is -0.729. The van der Waals surface area contributed by atoms with Crippen molar-refractivity contribution in [3.63, 3.8) is 0 Å². The van der Waals surface area contributed by atoms with Crippen LogP contribution in [0.3, 0.4) is 0 Å². The average molecular weight is 253 g/mol. The smallest absolute Gasteiger partial charge is 0.317 e. The van der Waals surface area contributed by atoms with E-state index in [1.165, 1.54) is 0 Å². The van der Waals surface area contributed by atoms with E-state index in [4.69, 9.17) is 16.3 Å². The van der Waals surface area contributed by atoms with Gasteiger partial charge in [-0.1, -0.05) is 23.7 Å². The first-order chi connectivity index (χ1) is 8.00. The summed E-state index contributed by atoms with van der Waals surface area (Å²) >= 11 is 6.01. The quantitative estimate of drug-likeness (QED) is 0.600. The van der Waals surface area contributed by atoms with Gasteiger partial charge in [0.2, 0.25) is 0 Å². The molecule has 1 aromatic rings. The minimum absolute atomic E-state index is 0.187. The number of rotatable bonds is 2. The van der Waals surface area contributed by atoms with Crippen molar-refractivity contribution >= 4 is 23.4 Å². The van der Waals surface area contributed by atoms with Gasteiger partial charge in [-0.05, 0) is 31.9 Å². The number of fused-ring (bicyclic) bond motifs is 1. The second-order valence-corrected chi connectivity index (χ2v) is 4.78. The number of benzene rings is 1. The number of hydrogen-bond acceptors (Lipinski definition) is 3. The van der Waals surface area contributed by atoms with E-state index in [1.807, 2.05) is 0 Å². The topological polar surface area (TPSA) is 43.4 Å². The molecule has 0 heterocycles. The van der Waals surface area contributed by atoms with E-state index in [0.29, 0.717) is 17.0 Å². The van der Waals surface area contributed by atoms with E-state index >= 15 is 0 Å². The molecule has 0 amide bonds. The van der Waals surface area contributed by atoms with E-state index in [2.05, 4.69) is 0 Å². The summed E-state index contributed by atoms with van der Waals surface area (Å²) in [7, 11) is 0. The van der Waals surface area contributed by atoms with Gasteiger partial charge in [0.1, 0.15) is 5.92 Å². The van der Waals surface area contributed by atoms with Crippen LogP contribution >= 0.6 is 11.6 Å². The van der Waals surface area contributed by atoms with Gasteiger partial charge in [-0.3, -0.25) is 9.59 Å². The Morgan fingerprint density at radius 3 is 2.76 bits per heavy atom. The van der Waals surface area contributed by atoms with Crippen LogP contribution in [0.2, 0.25) is 5.02 Å². The van der Waals surface area contributed by atoms with Crippen LogP contribution in [-0.4, -0.2) is 17.9 Å². The first kappa shape index (κ1) is 12.1. The molecule has 0 saturated heterocycles. The molecule has 0 N–H and O–H groups in total. The predicted octanol–water partition coefficient (Wildman–Crippen LogP) is 2.65. The summed E-state index contributed by atoms with van der Waals surface area (Å²) in [6.45, 7) is 3.52. The molecule has 0 spiro atoms. The molecule has 1 aromatic carbocycles. The summed E-state index contributed by atoms with van der Waals surface area (Å²) in [5.74, 6) is -1.38. The van der Waals surface area contributed by atoms with Crippen molar-refractivity contribution in [1.82, 2.24) is 0 Å². The van der Waals surface area contributed by atoms with Gasteiger partial charge >= 0.3 is 5.97 Å². The lowest BCUT2D eigenvalue weighted by molar-refractivity contribution is -0.150. The Hall–Kier alpha value is -1.35. The van der Waals surface area contributed by atoms with E-state index in [0.717, 1.165) is 5.56 Å². The van der Waals surface area contributed by atoms with Crippen molar-refractivity contribution in [2.24, 2.45) is 5.92 Å². The van der Waals surface area contributed by atoms with Crippen molar-refractivity contribution in [3.8, 4) is 0 Å². The van der Waals surface area contributed by atoms with Gasteiger partial charge in [0, 0.05) is 10.6 Å². The summed E-state index contributed by atoms with van der Waals surface area (Å²) < 4.78 is 5.07. The van der Waals surface area contributed by atoms with Crippen LogP contribution in [0.1, 0.15) is 29.8 Å². The molecule has 17 heavy (non-hydrogen) atoms. The van der Waals surface area contributed by atoms with E-state index < -0.39 is 11.9 Å². The molecule has 0 aliphatic heterocycles. The van der Waals surface area contributed by atoms with Crippen LogP contribution in [0.4, 0.5) is 0 Å². The number of hydrogen-bond donors (Lipinski definition) is 0. The normalized spacial score (nSPS) is 18.4. The maximum Gasteiger partial charge on any atom is 0.317 e. The third kappa shape index (κ3) is 2.20. The summed E-state index contributed by atoms with van der Waals surface area (Å²) in [4.78, 5) is 23.8. The molecule has 1 aliphatic carbocycles. The standard InChI is InChI=1S/C13H13ClO3/c1-7(2)17-13(16)10-6-9-8(12(10)15)4-3-5-11(9)14/h3-5,7,10H,6H2,1-2H3. The lowest BCUT2D eigenvalue weighted by atomic mass is 10.1. The third-order valence-electron chi connectivity index (χ3n) is 2.75. The zero-order valence-corrected chi connectivity index (χ0v) is 10.5. The van der Waals surface area contributed by atoms with Crippen molar-refractivity contribution < 1.29 is 14.3 Å². The molecular formula is C13H13ClO3. The number of carbonyl (C=O) groups excluding carboxylic acids is 2. The van der Waals surface area contributed by atoms with Gasteiger partial charge in [-0.2, -0.15) is 0 Å². The molecule has 2 rings (SSSR count).